The quantitative estimate of drug-likeness (QED) is 0.512. The third-order valence-corrected chi connectivity index (χ3v) is 1.26. The van der Waals surface area contributed by atoms with Crippen LogP contribution in [0.25, 0.3) is 0 Å². The summed E-state index contributed by atoms with van der Waals surface area (Å²) < 4.78 is 43.7. The first kappa shape index (κ1) is 13.9. The molecule has 0 saturated heterocycles. The Bertz CT molecular complexity index is 228. The number of alkyl halides is 3. The molecule has 2 N–H and O–H groups in total. The van der Waals surface area contributed by atoms with Crippen LogP contribution in [0.2, 0.25) is 0 Å². The van der Waals surface area contributed by atoms with Crippen molar-refractivity contribution in [1.82, 2.24) is 0 Å². The van der Waals surface area contributed by atoms with Gasteiger partial charge < -0.3 is 15.2 Å². The largest absolute Gasteiger partial charge is 0.411 e. The van der Waals surface area contributed by atoms with Crippen LogP contribution in [-0.2, 0) is 14.3 Å². The monoisotopic (exact) mass is 227 g/mol. The molecule has 0 bridgehead atoms. The van der Waals surface area contributed by atoms with Crippen LogP contribution in [0, 0.1) is 0 Å². The van der Waals surface area contributed by atoms with Crippen LogP contribution in [0.15, 0.2) is 12.2 Å². The van der Waals surface area contributed by atoms with E-state index in [1.54, 1.807) is 0 Å². The lowest BCUT2D eigenvalue weighted by Crippen LogP contribution is -2.20. The van der Waals surface area contributed by atoms with Gasteiger partial charge in [0.05, 0.1) is 19.8 Å². The standard InChI is InChI=1S/C8H12F3NO3/c1-6(7(12)13)4-14-2-3-15-5-8(9,10)11/h1-5H2,(H2,12,13). The molecule has 0 aromatic carbocycles. The first-order chi connectivity index (χ1) is 6.83. The molecule has 0 saturated carbocycles. The molecule has 0 aromatic heterocycles. The van der Waals surface area contributed by atoms with Crippen molar-refractivity contribution in [2.45, 2.75) is 6.18 Å². The lowest BCUT2D eigenvalue weighted by atomic mass is 10.3. The second-order valence-electron chi connectivity index (χ2n) is 2.69. The van der Waals surface area contributed by atoms with Gasteiger partial charge in [-0.25, -0.2) is 0 Å². The highest BCUT2D eigenvalue weighted by molar-refractivity contribution is 5.91. The summed E-state index contributed by atoms with van der Waals surface area (Å²) in [5.74, 6) is -0.703. The van der Waals surface area contributed by atoms with E-state index in [2.05, 4.69) is 11.3 Å². The van der Waals surface area contributed by atoms with Crippen LogP contribution in [0.3, 0.4) is 0 Å². The van der Waals surface area contributed by atoms with Crippen LogP contribution in [0.1, 0.15) is 0 Å². The molecule has 0 aliphatic heterocycles. The zero-order valence-electron chi connectivity index (χ0n) is 7.97. The Balaban J connectivity index is 3.33. The Morgan fingerprint density at radius 1 is 1.27 bits per heavy atom. The smallest absolute Gasteiger partial charge is 0.374 e. The maximum Gasteiger partial charge on any atom is 0.411 e. The van der Waals surface area contributed by atoms with Crippen molar-refractivity contribution in [3.63, 3.8) is 0 Å². The molecule has 0 atom stereocenters. The van der Waals surface area contributed by atoms with Crippen LogP contribution < -0.4 is 5.73 Å². The van der Waals surface area contributed by atoms with Gasteiger partial charge in [0.15, 0.2) is 0 Å². The molecule has 0 radical (unpaired) electrons. The highest BCUT2D eigenvalue weighted by Gasteiger charge is 2.27. The number of ether oxygens (including phenoxy) is 2. The lowest BCUT2D eigenvalue weighted by molar-refractivity contribution is -0.176. The summed E-state index contributed by atoms with van der Waals surface area (Å²) in [5.41, 5.74) is 4.90. The van der Waals surface area contributed by atoms with Crippen molar-refractivity contribution in [1.29, 1.82) is 0 Å². The Labute approximate surface area is 84.8 Å². The summed E-state index contributed by atoms with van der Waals surface area (Å²) in [6.07, 6.45) is -4.34. The van der Waals surface area contributed by atoms with E-state index in [0.29, 0.717) is 0 Å². The second kappa shape index (κ2) is 6.41. The van der Waals surface area contributed by atoms with Crippen LogP contribution >= 0.6 is 0 Å². The SMILES string of the molecule is C=C(COCCOCC(F)(F)F)C(N)=O. The minimum Gasteiger partial charge on any atom is -0.374 e. The number of nitrogens with two attached hydrogens (primary N) is 1. The van der Waals surface area contributed by atoms with E-state index in [4.69, 9.17) is 10.5 Å². The van der Waals surface area contributed by atoms with Gasteiger partial charge in [0.25, 0.3) is 0 Å². The highest BCUT2D eigenvalue weighted by Crippen LogP contribution is 2.13. The van der Waals surface area contributed by atoms with Gasteiger partial charge in [0, 0.05) is 5.57 Å². The normalized spacial score (nSPS) is 11.4. The number of halogens is 3. The van der Waals surface area contributed by atoms with Crippen molar-refractivity contribution in [3.8, 4) is 0 Å². The van der Waals surface area contributed by atoms with Crippen molar-refractivity contribution in [2.24, 2.45) is 5.73 Å². The van der Waals surface area contributed by atoms with E-state index >= 15 is 0 Å². The molecule has 0 aromatic rings. The third-order valence-electron chi connectivity index (χ3n) is 1.26. The van der Waals surface area contributed by atoms with Gasteiger partial charge in [0.2, 0.25) is 5.91 Å². The van der Waals surface area contributed by atoms with Crippen molar-refractivity contribution in [2.75, 3.05) is 26.4 Å². The van der Waals surface area contributed by atoms with E-state index in [9.17, 15) is 18.0 Å². The molecule has 88 valence electrons. The second-order valence-corrected chi connectivity index (χ2v) is 2.69. The molecule has 0 rings (SSSR count). The van der Waals surface area contributed by atoms with Crippen LogP contribution in [0.5, 0.6) is 0 Å². The molecule has 0 aliphatic rings. The van der Waals surface area contributed by atoms with Crippen LogP contribution in [-0.4, -0.2) is 38.5 Å². The van der Waals surface area contributed by atoms with E-state index in [1.807, 2.05) is 0 Å². The maximum absolute atomic E-state index is 11.6. The highest BCUT2D eigenvalue weighted by atomic mass is 19.4. The average Bonchev–Trinajstić information content (AvgIpc) is 2.08. The molecule has 1 amide bonds. The Hall–Kier alpha value is -1.08. The summed E-state index contributed by atoms with van der Waals surface area (Å²) in [4.78, 5) is 10.4. The fourth-order valence-corrected chi connectivity index (χ4v) is 0.572. The number of hydrogen-bond donors (Lipinski definition) is 1. The molecule has 7 heteroatoms. The summed E-state index contributed by atoms with van der Waals surface area (Å²) in [6.45, 7) is 1.62. The fraction of sp³-hybridized carbons (Fsp3) is 0.625. The zero-order valence-corrected chi connectivity index (χ0v) is 7.97. The molecule has 0 fully saturated rings. The zero-order chi connectivity index (χ0) is 11.9. The Morgan fingerprint density at radius 3 is 2.27 bits per heavy atom. The van der Waals surface area contributed by atoms with Gasteiger partial charge in [-0.15, -0.1) is 0 Å². The predicted octanol–water partition coefficient (Wildman–Crippen LogP) is 0.623. The van der Waals surface area contributed by atoms with E-state index in [0.717, 1.165) is 0 Å². The Kier molecular flexibility index (Phi) is 5.95. The molecular formula is C8H12F3NO3. The van der Waals surface area contributed by atoms with Crippen molar-refractivity contribution in [3.05, 3.63) is 12.2 Å². The van der Waals surface area contributed by atoms with E-state index in [1.165, 1.54) is 0 Å². The first-order valence-corrected chi connectivity index (χ1v) is 4.03. The third kappa shape index (κ3) is 9.23. The topological polar surface area (TPSA) is 61.6 Å². The number of hydrogen-bond acceptors (Lipinski definition) is 3. The first-order valence-electron chi connectivity index (χ1n) is 4.03. The van der Waals surface area contributed by atoms with Gasteiger partial charge >= 0.3 is 6.18 Å². The van der Waals surface area contributed by atoms with Gasteiger partial charge in [-0.1, -0.05) is 6.58 Å². The minimum absolute atomic E-state index is 0.0532. The molecule has 0 unspecified atom stereocenters. The van der Waals surface area contributed by atoms with E-state index < -0.39 is 18.7 Å². The van der Waals surface area contributed by atoms with Crippen LogP contribution in [0.4, 0.5) is 13.2 Å². The van der Waals surface area contributed by atoms with E-state index in [-0.39, 0.29) is 25.4 Å². The van der Waals surface area contributed by atoms with Crippen molar-refractivity contribution >= 4 is 5.91 Å². The maximum atomic E-state index is 11.6. The summed E-state index contributed by atoms with van der Waals surface area (Å²) in [7, 11) is 0. The molecule has 0 heterocycles. The average molecular weight is 227 g/mol. The van der Waals surface area contributed by atoms with Gasteiger partial charge in [-0.05, 0) is 0 Å². The fourth-order valence-electron chi connectivity index (χ4n) is 0.572. The number of rotatable bonds is 7. The number of carbonyl (C=O) groups is 1. The lowest BCUT2D eigenvalue weighted by Gasteiger charge is -2.08. The Morgan fingerprint density at radius 2 is 1.80 bits per heavy atom. The van der Waals surface area contributed by atoms with Gasteiger partial charge in [0.1, 0.15) is 6.61 Å². The number of amides is 1. The molecule has 0 spiro atoms. The van der Waals surface area contributed by atoms with Gasteiger partial charge in [-0.2, -0.15) is 13.2 Å². The molecular weight excluding hydrogens is 215 g/mol. The summed E-state index contributed by atoms with van der Waals surface area (Å²) in [6, 6.07) is 0. The molecule has 4 nitrogen and oxygen atoms in total. The summed E-state index contributed by atoms with van der Waals surface area (Å²) in [5, 5.41) is 0. The number of carbonyl (C=O) groups excluding carboxylic acids is 1. The molecule has 15 heavy (non-hydrogen) atoms. The minimum atomic E-state index is -4.34. The molecule has 0 aliphatic carbocycles. The summed E-state index contributed by atoms with van der Waals surface area (Å²) >= 11 is 0. The predicted molar refractivity (Wildman–Crippen MR) is 46.0 cm³/mol. The number of primary amides is 1. The van der Waals surface area contributed by atoms with Gasteiger partial charge in [-0.3, -0.25) is 4.79 Å². The van der Waals surface area contributed by atoms with Crippen molar-refractivity contribution < 1.29 is 27.4 Å².